The molecule has 3 atom stereocenters. The first kappa shape index (κ1) is 13.4. The molecule has 0 bridgehead atoms. The highest BCUT2D eigenvalue weighted by molar-refractivity contribution is 4.90. The lowest BCUT2D eigenvalue weighted by Crippen LogP contribution is -2.45. The van der Waals surface area contributed by atoms with E-state index in [9.17, 15) is 0 Å². The first-order valence-corrected chi connectivity index (χ1v) is 7.57. The molecule has 0 aromatic rings. The average Bonchev–Trinajstić information content (AvgIpc) is 2.74. The lowest BCUT2D eigenvalue weighted by Gasteiger charge is -2.37. The number of ether oxygens (including phenoxy) is 1. The summed E-state index contributed by atoms with van der Waals surface area (Å²) in [6.07, 6.45) is 7.40. The highest BCUT2D eigenvalue weighted by atomic mass is 16.5. The van der Waals surface area contributed by atoms with E-state index in [-0.39, 0.29) is 0 Å². The van der Waals surface area contributed by atoms with Crippen molar-refractivity contribution in [2.75, 3.05) is 13.2 Å². The van der Waals surface area contributed by atoms with Gasteiger partial charge in [0.2, 0.25) is 0 Å². The highest BCUT2D eigenvalue weighted by Gasteiger charge is 2.36. The van der Waals surface area contributed by atoms with Gasteiger partial charge in [-0.1, -0.05) is 26.7 Å². The molecule has 1 saturated heterocycles. The first-order valence-electron chi connectivity index (χ1n) is 7.57. The molecule has 1 N–H and O–H groups in total. The van der Waals surface area contributed by atoms with Crippen molar-refractivity contribution in [1.82, 2.24) is 5.32 Å². The van der Waals surface area contributed by atoms with Crippen molar-refractivity contribution >= 4 is 0 Å². The summed E-state index contributed by atoms with van der Waals surface area (Å²) in [5.74, 6) is 2.58. The molecule has 1 saturated carbocycles. The minimum absolute atomic E-state index is 0.457. The van der Waals surface area contributed by atoms with Crippen LogP contribution in [0.15, 0.2) is 0 Å². The lowest BCUT2D eigenvalue weighted by molar-refractivity contribution is 0.0793. The molecule has 2 nitrogen and oxygen atoms in total. The zero-order valence-electron chi connectivity index (χ0n) is 11.7. The number of hydrogen-bond acceptors (Lipinski definition) is 2. The molecule has 0 amide bonds. The van der Waals surface area contributed by atoms with E-state index in [4.69, 9.17) is 4.74 Å². The van der Waals surface area contributed by atoms with Gasteiger partial charge in [0.05, 0.1) is 6.10 Å². The van der Waals surface area contributed by atoms with Crippen molar-refractivity contribution in [3.8, 4) is 0 Å². The fourth-order valence-corrected chi connectivity index (χ4v) is 3.77. The van der Waals surface area contributed by atoms with Crippen LogP contribution >= 0.6 is 0 Å². The van der Waals surface area contributed by atoms with Gasteiger partial charge in [0.25, 0.3) is 0 Å². The molecule has 2 rings (SSSR count). The zero-order chi connectivity index (χ0) is 12.3. The maximum atomic E-state index is 5.76. The van der Waals surface area contributed by atoms with Crippen LogP contribution in [0.5, 0.6) is 0 Å². The lowest BCUT2D eigenvalue weighted by atomic mass is 9.74. The fourth-order valence-electron chi connectivity index (χ4n) is 3.77. The van der Waals surface area contributed by atoms with Crippen LogP contribution in [0.2, 0.25) is 0 Å². The van der Waals surface area contributed by atoms with Crippen molar-refractivity contribution in [1.29, 1.82) is 0 Å². The van der Waals surface area contributed by atoms with Gasteiger partial charge in [-0.2, -0.15) is 0 Å². The molecule has 100 valence electrons. The van der Waals surface area contributed by atoms with Crippen molar-refractivity contribution < 1.29 is 4.74 Å². The van der Waals surface area contributed by atoms with Gasteiger partial charge in [-0.15, -0.1) is 0 Å². The van der Waals surface area contributed by atoms with E-state index >= 15 is 0 Å². The van der Waals surface area contributed by atoms with Crippen molar-refractivity contribution in [2.45, 2.75) is 65.0 Å². The van der Waals surface area contributed by atoms with Gasteiger partial charge in [0.1, 0.15) is 0 Å². The second-order valence-electron chi connectivity index (χ2n) is 6.13. The van der Waals surface area contributed by atoms with Gasteiger partial charge in [0.15, 0.2) is 0 Å². The standard InChI is InChI=1S/C15H29NO/c1-4-16-15(14-9-10-17-12(14)3)13-7-5-11(2)6-8-13/h11-16H,4-10H2,1-3H3. The third kappa shape index (κ3) is 3.23. The summed E-state index contributed by atoms with van der Waals surface area (Å²) in [5.41, 5.74) is 0. The zero-order valence-corrected chi connectivity index (χ0v) is 11.7. The van der Waals surface area contributed by atoms with Crippen LogP contribution in [0.4, 0.5) is 0 Å². The molecule has 2 heteroatoms. The third-order valence-electron chi connectivity index (χ3n) is 4.90. The van der Waals surface area contributed by atoms with Gasteiger partial charge < -0.3 is 10.1 Å². The van der Waals surface area contributed by atoms with E-state index in [1.165, 1.54) is 32.1 Å². The van der Waals surface area contributed by atoms with Gasteiger partial charge >= 0.3 is 0 Å². The number of rotatable bonds is 4. The second kappa shape index (κ2) is 6.19. The Labute approximate surface area is 107 Å². The van der Waals surface area contributed by atoms with Gasteiger partial charge in [0, 0.05) is 18.6 Å². The largest absolute Gasteiger partial charge is 0.378 e. The summed E-state index contributed by atoms with van der Waals surface area (Å²) in [6.45, 7) is 8.96. The maximum absolute atomic E-state index is 5.76. The van der Waals surface area contributed by atoms with Crippen LogP contribution in [0.1, 0.15) is 52.9 Å². The number of hydrogen-bond donors (Lipinski definition) is 1. The third-order valence-corrected chi connectivity index (χ3v) is 4.90. The molecule has 0 spiro atoms. The van der Waals surface area contributed by atoms with Crippen molar-refractivity contribution in [3.63, 3.8) is 0 Å². The molecule has 2 aliphatic rings. The predicted octanol–water partition coefficient (Wildman–Crippen LogP) is 3.22. The van der Waals surface area contributed by atoms with E-state index in [0.29, 0.717) is 12.1 Å². The highest BCUT2D eigenvalue weighted by Crippen LogP contribution is 2.36. The van der Waals surface area contributed by atoms with Crippen LogP contribution in [0, 0.1) is 17.8 Å². The Morgan fingerprint density at radius 3 is 2.35 bits per heavy atom. The molecule has 1 aliphatic carbocycles. The van der Waals surface area contributed by atoms with E-state index in [1.54, 1.807) is 0 Å². The Bertz CT molecular complexity index is 223. The van der Waals surface area contributed by atoms with Gasteiger partial charge in [-0.25, -0.2) is 0 Å². The molecule has 2 fully saturated rings. The second-order valence-corrected chi connectivity index (χ2v) is 6.13. The molecule has 0 aromatic carbocycles. The summed E-state index contributed by atoms with van der Waals surface area (Å²) < 4.78 is 5.76. The average molecular weight is 239 g/mol. The maximum Gasteiger partial charge on any atom is 0.0590 e. The summed E-state index contributed by atoms with van der Waals surface area (Å²) >= 11 is 0. The van der Waals surface area contributed by atoms with Crippen LogP contribution in [-0.4, -0.2) is 25.3 Å². The molecular weight excluding hydrogens is 210 g/mol. The predicted molar refractivity (Wildman–Crippen MR) is 72.1 cm³/mol. The van der Waals surface area contributed by atoms with Crippen LogP contribution in [0.25, 0.3) is 0 Å². The quantitative estimate of drug-likeness (QED) is 0.813. The molecule has 1 heterocycles. The first-order chi connectivity index (χ1) is 8.22. The summed E-state index contributed by atoms with van der Waals surface area (Å²) in [7, 11) is 0. The van der Waals surface area contributed by atoms with Crippen molar-refractivity contribution in [2.24, 2.45) is 17.8 Å². The molecular formula is C15H29NO. The van der Waals surface area contributed by atoms with E-state index in [0.717, 1.165) is 30.9 Å². The Morgan fingerprint density at radius 1 is 1.12 bits per heavy atom. The molecule has 17 heavy (non-hydrogen) atoms. The van der Waals surface area contributed by atoms with Gasteiger partial charge in [-0.3, -0.25) is 0 Å². The van der Waals surface area contributed by atoms with E-state index in [2.05, 4.69) is 26.1 Å². The van der Waals surface area contributed by atoms with Gasteiger partial charge in [-0.05, 0) is 44.6 Å². The molecule has 0 aromatic heterocycles. The Kier molecular flexibility index (Phi) is 4.87. The smallest absolute Gasteiger partial charge is 0.0590 e. The monoisotopic (exact) mass is 239 g/mol. The van der Waals surface area contributed by atoms with Crippen molar-refractivity contribution in [3.05, 3.63) is 0 Å². The fraction of sp³-hybridized carbons (Fsp3) is 1.00. The molecule has 1 aliphatic heterocycles. The van der Waals surface area contributed by atoms with Crippen LogP contribution in [0.3, 0.4) is 0 Å². The SMILES string of the molecule is CCNC(C1CCC(C)CC1)C1CCOC1C. The Morgan fingerprint density at radius 2 is 1.82 bits per heavy atom. The van der Waals surface area contributed by atoms with Crippen LogP contribution < -0.4 is 5.32 Å². The van der Waals surface area contributed by atoms with Crippen LogP contribution in [-0.2, 0) is 4.74 Å². The Hall–Kier alpha value is -0.0800. The topological polar surface area (TPSA) is 21.3 Å². The molecule has 0 radical (unpaired) electrons. The van der Waals surface area contributed by atoms with E-state index < -0.39 is 0 Å². The minimum Gasteiger partial charge on any atom is -0.378 e. The summed E-state index contributed by atoms with van der Waals surface area (Å²) in [4.78, 5) is 0. The number of nitrogens with one attached hydrogen (secondary N) is 1. The summed E-state index contributed by atoms with van der Waals surface area (Å²) in [5, 5.41) is 3.76. The summed E-state index contributed by atoms with van der Waals surface area (Å²) in [6, 6.07) is 0.699. The Balaban J connectivity index is 1.96. The molecule has 3 unspecified atom stereocenters. The van der Waals surface area contributed by atoms with E-state index in [1.807, 2.05) is 0 Å². The minimum atomic E-state index is 0.457. The normalized spacial score (nSPS) is 40.4.